The number of carbonyl (C=O) groups excluding carboxylic acids is 1. The maximum absolute atomic E-state index is 13.4. The first-order chi connectivity index (χ1) is 12.2. The van der Waals surface area contributed by atoms with Crippen molar-refractivity contribution in [2.75, 3.05) is 6.61 Å². The van der Waals surface area contributed by atoms with Gasteiger partial charge in [-0.2, -0.15) is 4.99 Å². The zero-order valence-electron chi connectivity index (χ0n) is 13.3. The molecule has 126 valence electrons. The van der Waals surface area contributed by atoms with Crippen LogP contribution >= 0.6 is 11.3 Å². The number of thiazole rings is 1. The molecule has 2 aromatic carbocycles. The maximum Gasteiger partial charge on any atom is 0.251 e. The smallest absolute Gasteiger partial charge is 0.251 e. The minimum absolute atomic E-state index is 0.146. The topological polar surface area (TPSA) is 43.6 Å². The van der Waals surface area contributed by atoms with Gasteiger partial charge in [-0.1, -0.05) is 35.5 Å². The van der Waals surface area contributed by atoms with E-state index in [1.54, 1.807) is 10.6 Å². The Morgan fingerprint density at radius 1 is 1.28 bits per heavy atom. The van der Waals surface area contributed by atoms with Gasteiger partial charge in [0.25, 0.3) is 5.91 Å². The lowest BCUT2D eigenvalue weighted by Crippen LogP contribution is -2.17. The maximum atomic E-state index is 13.4. The highest BCUT2D eigenvalue weighted by molar-refractivity contribution is 7.16. The van der Waals surface area contributed by atoms with Crippen molar-refractivity contribution in [2.24, 2.45) is 4.99 Å². The number of rotatable bonds is 5. The predicted octanol–water partition coefficient (Wildman–Crippen LogP) is 3.37. The van der Waals surface area contributed by atoms with Crippen molar-refractivity contribution in [3.63, 3.8) is 0 Å². The second kappa shape index (κ2) is 7.77. The zero-order chi connectivity index (χ0) is 17.6. The number of halogens is 1. The lowest BCUT2D eigenvalue weighted by atomic mass is 10.3. The van der Waals surface area contributed by atoms with E-state index in [2.05, 4.69) is 10.9 Å². The molecule has 0 aliphatic heterocycles. The Hall–Kier alpha value is -2.91. The summed E-state index contributed by atoms with van der Waals surface area (Å²) in [6.45, 7) is 0.499. The van der Waals surface area contributed by atoms with Gasteiger partial charge in [0, 0.05) is 0 Å². The molecular weight excluding hydrogens is 339 g/mol. The van der Waals surface area contributed by atoms with Crippen molar-refractivity contribution in [1.29, 1.82) is 0 Å². The number of terminal acetylenes is 1. The number of hydrogen-bond donors (Lipinski definition) is 0. The van der Waals surface area contributed by atoms with Crippen LogP contribution in [-0.4, -0.2) is 17.1 Å². The number of nitrogens with zero attached hydrogens (tertiary/aromatic N) is 2. The molecule has 0 atom stereocenters. The van der Waals surface area contributed by atoms with E-state index in [0.717, 1.165) is 5.52 Å². The number of para-hydroxylation sites is 1. The third kappa shape index (κ3) is 4.14. The number of hydrogen-bond acceptors (Lipinski definition) is 3. The first-order valence-corrected chi connectivity index (χ1v) is 8.47. The number of carbonyl (C=O) groups is 1. The average molecular weight is 354 g/mol. The van der Waals surface area contributed by atoms with Crippen LogP contribution in [0.3, 0.4) is 0 Å². The van der Waals surface area contributed by atoms with Crippen molar-refractivity contribution in [3.8, 4) is 18.1 Å². The van der Waals surface area contributed by atoms with Crippen LogP contribution in [0.2, 0.25) is 0 Å². The van der Waals surface area contributed by atoms with Crippen LogP contribution in [0.4, 0.5) is 4.39 Å². The third-order valence-corrected chi connectivity index (χ3v) is 4.48. The van der Waals surface area contributed by atoms with Gasteiger partial charge in [0.1, 0.15) is 11.6 Å². The zero-order valence-corrected chi connectivity index (χ0v) is 14.1. The van der Waals surface area contributed by atoms with Crippen molar-refractivity contribution in [1.82, 2.24) is 4.57 Å². The summed E-state index contributed by atoms with van der Waals surface area (Å²) in [6.07, 6.45) is 5.54. The largest absolute Gasteiger partial charge is 0.493 e. The monoisotopic (exact) mass is 354 g/mol. The van der Waals surface area contributed by atoms with Gasteiger partial charge in [-0.15, -0.1) is 6.42 Å². The molecular formula is C19H15FN2O2S. The van der Waals surface area contributed by atoms with E-state index in [4.69, 9.17) is 11.2 Å². The van der Waals surface area contributed by atoms with E-state index < -0.39 is 0 Å². The molecule has 3 aromatic rings. The number of benzene rings is 2. The quantitative estimate of drug-likeness (QED) is 0.660. The van der Waals surface area contributed by atoms with Crippen LogP contribution in [-0.2, 0) is 11.3 Å². The van der Waals surface area contributed by atoms with Crippen LogP contribution in [0, 0.1) is 18.2 Å². The summed E-state index contributed by atoms with van der Waals surface area (Å²) in [5.74, 6) is 2.59. The number of fused-ring (bicyclic) bond motifs is 1. The van der Waals surface area contributed by atoms with Crippen LogP contribution < -0.4 is 9.54 Å². The van der Waals surface area contributed by atoms with Crippen LogP contribution in [0.5, 0.6) is 5.75 Å². The van der Waals surface area contributed by atoms with E-state index in [0.29, 0.717) is 15.3 Å². The molecule has 25 heavy (non-hydrogen) atoms. The lowest BCUT2D eigenvalue weighted by molar-refractivity contribution is -0.118. The summed E-state index contributed by atoms with van der Waals surface area (Å²) in [6, 6.07) is 13.7. The molecule has 0 spiro atoms. The number of amides is 1. The van der Waals surface area contributed by atoms with Gasteiger partial charge < -0.3 is 9.30 Å². The molecule has 0 radical (unpaired) electrons. The lowest BCUT2D eigenvalue weighted by Gasteiger charge is -2.03. The molecule has 3 rings (SSSR count). The molecule has 1 amide bonds. The van der Waals surface area contributed by atoms with E-state index in [1.165, 1.54) is 23.5 Å². The van der Waals surface area contributed by atoms with Crippen LogP contribution in [0.25, 0.3) is 10.2 Å². The highest BCUT2D eigenvalue weighted by Crippen LogP contribution is 2.18. The molecule has 0 fully saturated rings. The second-order valence-corrected chi connectivity index (χ2v) is 6.21. The molecule has 4 nitrogen and oxygen atoms in total. The van der Waals surface area contributed by atoms with Crippen LogP contribution in [0.1, 0.15) is 6.42 Å². The predicted molar refractivity (Wildman–Crippen MR) is 95.7 cm³/mol. The van der Waals surface area contributed by atoms with Gasteiger partial charge in [0.15, 0.2) is 4.80 Å². The highest BCUT2D eigenvalue weighted by atomic mass is 32.1. The summed E-state index contributed by atoms with van der Waals surface area (Å²) < 4.78 is 21.3. The number of aromatic nitrogens is 1. The van der Waals surface area contributed by atoms with Gasteiger partial charge in [0.05, 0.1) is 29.8 Å². The molecule has 0 saturated heterocycles. The Morgan fingerprint density at radius 2 is 2.08 bits per heavy atom. The molecule has 1 aromatic heterocycles. The van der Waals surface area contributed by atoms with Crippen molar-refractivity contribution in [2.45, 2.75) is 13.0 Å². The Morgan fingerprint density at radius 3 is 2.84 bits per heavy atom. The normalized spacial score (nSPS) is 11.4. The highest BCUT2D eigenvalue weighted by Gasteiger charge is 2.08. The summed E-state index contributed by atoms with van der Waals surface area (Å²) in [5.41, 5.74) is 0.761. The van der Waals surface area contributed by atoms with Gasteiger partial charge in [-0.3, -0.25) is 4.79 Å². The van der Waals surface area contributed by atoms with Crippen molar-refractivity contribution < 1.29 is 13.9 Å². The van der Waals surface area contributed by atoms with E-state index in [-0.39, 0.29) is 31.3 Å². The van der Waals surface area contributed by atoms with E-state index in [9.17, 15) is 9.18 Å². The van der Waals surface area contributed by atoms with Gasteiger partial charge in [0.2, 0.25) is 0 Å². The fourth-order valence-electron chi connectivity index (χ4n) is 2.31. The second-order valence-electron chi connectivity index (χ2n) is 5.20. The molecule has 0 saturated carbocycles. The summed E-state index contributed by atoms with van der Waals surface area (Å²) >= 11 is 1.24. The van der Waals surface area contributed by atoms with Gasteiger partial charge in [-0.05, 0) is 30.3 Å². The Kier molecular flexibility index (Phi) is 5.26. The standard InChI is InChI=1S/C19H15FN2O2S/c1-2-11-22-16-9-8-14(20)13-17(16)25-19(22)21-18(23)10-12-24-15-6-4-3-5-7-15/h1,3-9,13H,10-12H2. The summed E-state index contributed by atoms with van der Waals surface area (Å²) in [4.78, 5) is 16.7. The number of ether oxygens (including phenoxy) is 1. The average Bonchev–Trinajstić information content (AvgIpc) is 2.92. The van der Waals surface area contributed by atoms with Crippen molar-refractivity contribution in [3.05, 3.63) is 59.1 Å². The summed E-state index contributed by atoms with van der Waals surface area (Å²) in [7, 11) is 0. The minimum atomic E-state index is -0.337. The first kappa shape index (κ1) is 16.9. The fraction of sp³-hybridized carbons (Fsp3) is 0.158. The fourth-order valence-corrected chi connectivity index (χ4v) is 3.38. The molecule has 0 aliphatic rings. The molecule has 6 heteroatoms. The molecule has 0 N–H and O–H groups in total. The summed E-state index contributed by atoms with van der Waals surface area (Å²) in [5, 5.41) is 0. The molecule has 0 aliphatic carbocycles. The van der Waals surface area contributed by atoms with E-state index >= 15 is 0 Å². The SMILES string of the molecule is C#CCn1c(=NC(=O)CCOc2ccccc2)sc2cc(F)ccc21. The van der Waals surface area contributed by atoms with E-state index in [1.807, 2.05) is 30.3 Å². The Balaban J connectivity index is 1.78. The molecule has 1 heterocycles. The first-order valence-electron chi connectivity index (χ1n) is 7.65. The Bertz CT molecular complexity index is 1000. The van der Waals surface area contributed by atoms with Gasteiger partial charge >= 0.3 is 0 Å². The van der Waals surface area contributed by atoms with Crippen molar-refractivity contribution >= 4 is 27.5 Å². The third-order valence-electron chi connectivity index (χ3n) is 3.44. The minimum Gasteiger partial charge on any atom is -0.493 e. The van der Waals surface area contributed by atoms with Gasteiger partial charge in [-0.25, -0.2) is 4.39 Å². The van der Waals surface area contributed by atoms with Crippen LogP contribution in [0.15, 0.2) is 53.5 Å². The molecule has 0 bridgehead atoms. The molecule has 0 unspecified atom stereocenters. The Labute approximate surface area is 148 Å².